The summed E-state index contributed by atoms with van der Waals surface area (Å²) in [7, 11) is 0. The normalized spacial score (nSPS) is 40.0. The van der Waals surface area contributed by atoms with Crippen LogP contribution in [0.4, 0.5) is 0 Å². The molecule has 6 nitrogen and oxygen atoms in total. The minimum absolute atomic E-state index is 0.110. The quantitative estimate of drug-likeness (QED) is 0.0812. The molecule has 0 N–H and O–H groups in total. The molecule has 6 aliphatic rings. The van der Waals surface area contributed by atoms with E-state index in [0.29, 0.717) is 24.2 Å². The minimum atomic E-state index is -0.576. The molecule has 0 heterocycles. The van der Waals surface area contributed by atoms with Gasteiger partial charge in [-0.15, -0.1) is 12.2 Å². The van der Waals surface area contributed by atoms with Gasteiger partial charge in [-0.25, -0.2) is 0 Å². The lowest BCUT2D eigenvalue weighted by atomic mass is 9.49. The number of ether oxygens (including phenoxy) is 3. The summed E-state index contributed by atoms with van der Waals surface area (Å²) in [6, 6.07) is 0. The average molecular weight is 733 g/mol. The Kier molecular flexibility index (Phi) is 12.2. The molecule has 4 bridgehead atoms. The van der Waals surface area contributed by atoms with Gasteiger partial charge in [-0.3, -0.25) is 14.4 Å². The van der Waals surface area contributed by atoms with Crippen LogP contribution in [-0.4, -0.2) is 36.2 Å². The second-order valence-electron chi connectivity index (χ2n) is 19.7. The van der Waals surface area contributed by atoms with Gasteiger partial charge in [-0.1, -0.05) is 80.6 Å². The van der Waals surface area contributed by atoms with Crippen molar-refractivity contribution in [3.8, 4) is 12.3 Å². The van der Waals surface area contributed by atoms with Crippen molar-refractivity contribution in [1.82, 2.24) is 0 Å². The van der Waals surface area contributed by atoms with E-state index >= 15 is 0 Å². The summed E-state index contributed by atoms with van der Waals surface area (Å²) in [4.78, 5) is 39.0. The Balaban J connectivity index is 1.56. The lowest BCUT2D eigenvalue weighted by Crippen LogP contribution is -2.53. The zero-order valence-corrected chi connectivity index (χ0v) is 35.0. The van der Waals surface area contributed by atoms with Crippen LogP contribution in [0.25, 0.3) is 0 Å². The monoisotopic (exact) mass is 733 g/mol. The summed E-state index contributed by atoms with van der Waals surface area (Å²) >= 11 is 0. The van der Waals surface area contributed by atoms with E-state index in [-0.39, 0.29) is 69.2 Å². The predicted octanol–water partition coefficient (Wildman–Crippen LogP) is 11.0. The maximum atomic E-state index is 13.3. The van der Waals surface area contributed by atoms with E-state index in [1.54, 1.807) is 6.92 Å². The van der Waals surface area contributed by atoms with Crippen molar-refractivity contribution in [2.45, 2.75) is 190 Å². The standard InChI is InChI=1S/C47H72O6/c1-12-35(13-2)36-19-21-44(15-4,38(27-36)51-33(7)48)30-46-24-25-47(42(46,9)10,40(29-46)52-34(8)49)31-45-23-22-43(11,20-17-16-18-37(45)14-3)39(28-45)53-41(50)26-32(5)6/h4,16,20,32,35-40H,12-14,18-19,21-31H2,1-3,5-11H3. The number of hydrogen-bond donors (Lipinski definition) is 0. The summed E-state index contributed by atoms with van der Waals surface area (Å²) in [6.07, 6.45) is 24.7. The van der Waals surface area contributed by atoms with Crippen LogP contribution in [0.1, 0.15) is 172 Å². The van der Waals surface area contributed by atoms with Crippen molar-refractivity contribution in [1.29, 1.82) is 0 Å². The van der Waals surface area contributed by atoms with Gasteiger partial charge < -0.3 is 14.2 Å². The van der Waals surface area contributed by atoms with Gasteiger partial charge in [0.2, 0.25) is 0 Å². The van der Waals surface area contributed by atoms with Crippen LogP contribution in [0.2, 0.25) is 0 Å². The fourth-order valence-electron chi connectivity index (χ4n) is 13.1. The molecule has 0 radical (unpaired) electrons. The smallest absolute Gasteiger partial charge is 0.306 e. The van der Waals surface area contributed by atoms with E-state index in [2.05, 4.69) is 79.2 Å². The van der Waals surface area contributed by atoms with E-state index in [9.17, 15) is 14.4 Å². The highest BCUT2D eigenvalue weighted by Gasteiger charge is 2.75. The molecule has 0 aromatic rings. The fourth-order valence-corrected chi connectivity index (χ4v) is 13.1. The van der Waals surface area contributed by atoms with Gasteiger partial charge in [0.15, 0.2) is 0 Å². The van der Waals surface area contributed by atoms with Crippen molar-refractivity contribution in [2.75, 3.05) is 0 Å². The molecule has 6 heteroatoms. The molecular weight excluding hydrogens is 661 g/mol. The van der Waals surface area contributed by atoms with Gasteiger partial charge in [0.25, 0.3) is 0 Å². The summed E-state index contributed by atoms with van der Waals surface area (Å²) in [5.41, 5.74) is 1.86. The van der Waals surface area contributed by atoms with Crippen LogP contribution in [0, 0.1) is 68.5 Å². The summed E-state index contributed by atoms with van der Waals surface area (Å²) in [5, 5.41) is 0. The molecule has 53 heavy (non-hydrogen) atoms. The average Bonchev–Trinajstić information content (AvgIpc) is 3.42. The molecule has 0 spiro atoms. The topological polar surface area (TPSA) is 78.9 Å². The highest BCUT2D eigenvalue weighted by molar-refractivity contribution is 5.70. The Morgan fingerprint density at radius 1 is 0.868 bits per heavy atom. The van der Waals surface area contributed by atoms with Crippen LogP contribution in [-0.2, 0) is 28.6 Å². The van der Waals surface area contributed by atoms with Gasteiger partial charge in [0.1, 0.15) is 18.3 Å². The van der Waals surface area contributed by atoms with E-state index in [1.807, 2.05) is 0 Å². The van der Waals surface area contributed by atoms with Gasteiger partial charge in [0.05, 0.1) is 5.41 Å². The largest absolute Gasteiger partial charge is 0.462 e. The van der Waals surface area contributed by atoms with Crippen LogP contribution < -0.4 is 0 Å². The minimum Gasteiger partial charge on any atom is -0.462 e. The van der Waals surface area contributed by atoms with Gasteiger partial charge in [0, 0.05) is 31.1 Å². The third-order valence-electron chi connectivity index (χ3n) is 16.5. The van der Waals surface area contributed by atoms with E-state index < -0.39 is 5.41 Å². The first kappa shape index (κ1) is 41.6. The second kappa shape index (κ2) is 15.6. The molecule has 0 aromatic carbocycles. The molecule has 6 aliphatic carbocycles. The Morgan fingerprint density at radius 2 is 1.55 bits per heavy atom. The number of carbonyl (C=O) groups is 3. The fraction of sp³-hybridized carbons (Fsp3) is 0.830. The van der Waals surface area contributed by atoms with Gasteiger partial charge in [-0.2, -0.15) is 0 Å². The van der Waals surface area contributed by atoms with Crippen molar-refractivity contribution in [3.63, 3.8) is 0 Å². The van der Waals surface area contributed by atoms with Gasteiger partial charge >= 0.3 is 17.9 Å². The predicted molar refractivity (Wildman–Crippen MR) is 210 cm³/mol. The first-order valence-corrected chi connectivity index (χ1v) is 21.3. The van der Waals surface area contributed by atoms with Crippen LogP contribution in [0.15, 0.2) is 17.9 Å². The third-order valence-corrected chi connectivity index (χ3v) is 16.5. The maximum absolute atomic E-state index is 13.3. The Labute approximate surface area is 322 Å². The molecule has 296 valence electrons. The molecule has 10 atom stereocenters. The molecule has 0 saturated heterocycles. The molecule has 10 unspecified atom stereocenters. The number of rotatable bonds is 13. The second-order valence-corrected chi connectivity index (χ2v) is 19.7. The zero-order valence-electron chi connectivity index (χ0n) is 35.0. The first-order valence-electron chi connectivity index (χ1n) is 21.3. The molecule has 0 aliphatic heterocycles. The lowest BCUT2D eigenvalue weighted by Gasteiger charge is -2.56. The maximum Gasteiger partial charge on any atom is 0.306 e. The van der Waals surface area contributed by atoms with Crippen molar-refractivity contribution >= 4 is 17.9 Å². The summed E-state index contributed by atoms with van der Waals surface area (Å²) in [6.45, 7) is 21.2. The molecule has 6 rings (SSSR count). The Morgan fingerprint density at radius 3 is 2.15 bits per heavy atom. The van der Waals surface area contributed by atoms with Crippen LogP contribution in [0.5, 0.6) is 0 Å². The van der Waals surface area contributed by atoms with Crippen molar-refractivity contribution in [2.24, 2.45) is 56.2 Å². The number of carbonyl (C=O) groups excluding carboxylic acids is 3. The van der Waals surface area contributed by atoms with Crippen LogP contribution >= 0.6 is 0 Å². The molecule has 4 fully saturated rings. The number of terminal acetylenes is 1. The zero-order chi connectivity index (χ0) is 39.0. The molecular formula is C47H72O6. The third kappa shape index (κ3) is 7.44. The SMILES string of the molecule is C#CC1(CC23CCC(CC45CCC(C)(C=C=CCC4CC)C(OC(=O)CC(C)C)C5)(C(OC(C)=O)C2)C3(C)C)CCC(C(CC)CC)CC1OC(C)=O. The first-order chi connectivity index (χ1) is 24.9. The Hall–Kier alpha value is -2.51. The van der Waals surface area contributed by atoms with E-state index in [4.69, 9.17) is 20.6 Å². The summed E-state index contributed by atoms with van der Waals surface area (Å²) < 4.78 is 19.2. The number of hydrogen-bond acceptors (Lipinski definition) is 6. The Bertz CT molecular complexity index is 1480. The van der Waals surface area contributed by atoms with Crippen molar-refractivity contribution < 1.29 is 28.6 Å². The highest BCUT2D eigenvalue weighted by Crippen LogP contribution is 2.79. The van der Waals surface area contributed by atoms with Crippen molar-refractivity contribution in [3.05, 3.63) is 17.9 Å². The molecule has 4 saturated carbocycles. The van der Waals surface area contributed by atoms with E-state index in [0.717, 1.165) is 96.3 Å². The lowest BCUT2D eigenvalue weighted by molar-refractivity contribution is -0.173. The molecule has 0 aromatic heterocycles. The summed E-state index contributed by atoms with van der Waals surface area (Å²) in [5.74, 6) is 4.39. The van der Waals surface area contributed by atoms with Crippen LogP contribution in [0.3, 0.4) is 0 Å². The number of esters is 3. The van der Waals surface area contributed by atoms with Gasteiger partial charge in [-0.05, 0) is 129 Å². The molecule has 0 amide bonds. The number of fused-ring (bicyclic) bond motifs is 6. The van der Waals surface area contributed by atoms with E-state index in [1.165, 1.54) is 6.92 Å². The highest BCUT2D eigenvalue weighted by atomic mass is 16.6.